The predicted molar refractivity (Wildman–Crippen MR) is 78.0 cm³/mol. The first-order valence-corrected chi connectivity index (χ1v) is 6.44. The monoisotopic (exact) mass is 266 g/mol. The van der Waals surface area contributed by atoms with Gasteiger partial charge in [0.1, 0.15) is 0 Å². The van der Waals surface area contributed by atoms with Crippen molar-refractivity contribution in [3.63, 3.8) is 0 Å². The lowest BCUT2D eigenvalue weighted by Gasteiger charge is -2.09. The number of anilines is 1. The van der Waals surface area contributed by atoms with E-state index in [1.165, 1.54) is 0 Å². The lowest BCUT2D eigenvalue weighted by atomic mass is 10.0. The van der Waals surface area contributed by atoms with Crippen molar-refractivity contribution in [1.29, 1.82) is 0 Å². The number of carbonyl (C=O) groups is 1. The molecule has 0 saturated carbocycles. The summed E-state index contributed by atoms with van der Waals surface area (Å²) >= 11 is 0. The number of rotatable bonds is 2. The van der Waals surface area contributed by atoms with E-state index < -0.39 is 6.04 Å². The Morgan fingerprint density at radius 1 is 1.05 bits per heavy atom. The van der Waals surface area contributed by atoms with Gasteiger partial charge in [0.05, 0.1) is 18.0 Å². The van der Waals surface area contributed by atoms with Gasteiger partial charge in [0, 0.05) is 11.1 Å². The van der Waals surface area contributed by atoms with Gasteiger partial charge in [0.2, 0.25) is 0 Å². The number of carbonyl (C=O) groups excluding carboxylic acids is 1. The normalized spacial score (nSPS) is 17.8. The number of aliphatic hydroxyl groups is 1. The second kappa shape index (κ2) is 5.27. The highest BCUT2D eigenvalue weighted by molar-refractivity contribution is 6.19. The maximum Gasteiger partial charge on any atom is 0.251 e. The Morgan fingerprint density at radius 2 is 1.75 bits per heavy atom. The summed E-state index contributed by atoms with van der Waals surface area (Å²) in [6, 6.07) is 16.4. The minimum absolute atomic E-state index is 0.286. The molecule has 0 spiro atoms. The molecule has 0 radical (unpaired) electrons. The molecular formula is C16H14N2O2. The Morgan fingerprint density at radius 3 is 2.50 bits per heavy atom. The number of amides is 1. The second-order valence-corrected chi connectivity index (χ2v) is 4.58. The number of para-hydroxylation sites is 1. The largest absolute Gasteiger partial charge is 0.394 e. The van der Waals surface area contributed by atoms with Gasteiger partial charge in [-0.25, -0.2) is 0 Å². The number of hydrogen-bond acceptors (Lipinski definition) is 3. The van der Waals surface area contributed by atoms with Crippen molar-refractivity contribution < 1.29 is 9.90 Å². The highest BCUT2D eigenvalue weighted by Crippen LogP contribution is 2.23. The molecule has 4 heteroatoms. The van der Waals surface area contributed by atoms with Gasteiger partial charge in [-0.2, -0.15) is 0 Å². The van der Waals surface area contributed by atoms with E-state index in [0.29, 0.717) is 0 Å². The molecule has 0 unspecified atom stereocenters. The lowest BCUT2D eigenvalue weighted by Crippen LogP contribution is -2.28. The van der Waals surface area contributed by atoms with Crippen LogP contribution in [-0.4, -0.2) is 29.4 Å². The van der Waals surface area contributed by atoms with Crippen molar-refractivity contribution in [3.05, 3.63) is 65.7 Å². The fourth-order valence-corrected chi connectivity index (χ4v) is 2.25. The molecule has 20 heavy (non-hydrogen) atoms. The minimum atomic E-state index is -0.780. The van der Waals surface area contributed by atoms with Gasteiger partial charge in [-0.3, -0.25) is 9.79 Å². The molecule has 3 rings (SSSR count). The van der Waals surface area contributed by atoms with Crippen molar-refractivity contribution in [2.24, 2.45) is 4.99 Å². The highest BCUT2D eigenvalue weighted by Gasteiger charge is 2.24. The number of benzodiazepines with no additional fused rings is 1. The van der Waals surface area contributed by atoms with E-state index in [-0.39, 0.29) is 12.5 Å². The van der Waals surface area contributed by atoms with Crippen LogP contribution in [0.15, 0.2) is 59.6 Å². The van der Waals surface area contributed by atoms with Crippen molar-refractivity contribution in [3.8, 4) is 0 Å². The number of aliphatic imine (C=N–C) groups is 1. The second-order valence-electron chi connectivity index (χ2n) is 4.58. The van der Waals surface area contributed by atoms with Crippen molar-refractivity contribution in [2.45, 2.75) is 6.04 Å². The molecular weight excluding hydrogens is 252 g/mol. The van der Waals surface area contributed by atoms with Crippen LogP contribution in [0.25, 0.3) is 0 Å². The van der Waals surface area contributed by atoms with Crippen LogP contribution in [0.1, 0.15) is 11.1 Å². The number of benzene rings is 2. The maximum atomic E-state index is 12.0. The smallest absolute Gasteiger partial charge is 0.251 e. The van der Waals surface area contributed by atoms with E-state index in [4.69, 9.17) is 0 Å². The van der Waals surface area contributed by atoms with Crippen LogP contribution >= 0.6 is 0 Å². The van der Waals surface area contributed by atoms with Crippen LogP contribution < -0.4 is 5.32 Å². The lowest BCUT2D eigenvalue weighted by molar-refractivity contribution is -0.118. The number of hydrogen-bond donors (Lipinski definition) is 2. The third-order valence-corrected chi connectivity index (χ3v) is 3.25. The summed E-state index contributed by atoms with van der Waals surface area (Å²) < 4.78 is 0. The topological polar surface area (TPSA) is 61.7 Å². The molecule has 1 amide bonds. The van der Waals surface area contributed by atoms with Gasteiger partial charge in [0.25, 0.3) is 5.91 Å². The molecule has 100 valence electrons. The summed E-state index contributed by atoms with van der Waals surface area (Å²) in [6.07, 6.45) is 0. The van der Waals surface area contributed by atoms with E-state index >= 15 is 0 Å². The van der Waals surface area contributed by atoms with E-state index in [9.17, 15) is 9.90 Å². The number of nitrogens with one attached hydrogen (secondary N) is 1. The van der Waals surface area contributed by atoms with Crippen LogP contribution in [0.4, 0.5) is 5.69 Å². The van der Waals surface area contributed by atoms with E-state index in [2.05, 4.69) is 10.3 Å². The molecule has 0 aliphatic carbocycles. The Kier molecular flexibility index (Phi) is 3.31. The molecule has 2 N–H and O–H groups in total. The first-order valence-electron chi connectivity index (χ1n) is 6.44. The first kappa shape index (κ1) is 12.6. The minimum Gasteiger partial charge on any atom is -0.394 e. The Balaban J connectivity index is 2.20. The summed E-state index contributed by atoms with van der Waals surface area (Å²) in [7, 11) is 0. The van der Waals surface area contributed by atoms with Gasteiger partial charge in [0.15, 0.2) is 6.04 Å². The van der Waals surface area contributed by atoms with Crippen LogP contribution in [0.2, 0.25) is 0 Å². The van der Waals surface area contributed by atoms with Crippen LogP contribution in [0.5, 0.6) is 0 Å². The number of aliphatic hydroxyl groups excluding tert-OH is 1. The Bertz CT molecular complexity index is 665. The predicted octanol–water partition coefficient (Wildman–Crippen LogP) is 1.84. The van der Waals surface area contributed by atoms with Crippen molar-refractivity contribution >= 4 is 17.3 Å². The average Bonchev–Trinajstić information content (AvgIpc) is 2.64. The SMILES string of the molecule is O=C1Nc2ccccc2C(c2ccccc2)=N[C@@H]1CO. The molecule has 0 fully saturated rings. The van der Waals surface area contributed by atoms with Gasteiger partial charge < -0.3 is 10.4 Å². The molecule has 2 aromatic rings. The van der Waals surface area contributed by atoms with Crippen LogP contribution in [0, 0.1) is 0 Å². The summed E-state index contributed by atoms with van der Waals surface area (Å²) in [4.78, 5) is 16.4. The molecule has 1 aliphatic rings. The molecule has 0 aromatic heterocycles. The van der Waals surface area contributed by atoms with Crippen molar-refractivity contribution in [1.82, 2.24) is 0 Å². The van der Waals surface area contributed by atoms with Crippen LogP contribution in [0.3, 0.4) is 0 Å². The maximum absolute atomic E-state index is 12.0. The average molecular weight is 266 g/mol. The van der Waals surface area contributed by atoms with E-state index in [1.807, 2.05) is 54.6 Å². The molecule has 1 atom stereocenters. The molecule has 2 aromatic carbocycles. The zero-order chi connectivity index (χ0) is 13.9. The summed E-state index contributed by atoms with van der Waals surface area (Å²) in [5.41, 5.74) is 3.23. The number of nitrogens with zero attached hydrogens (tertiary/aromatic N) is 1. The van der Waals surface area contributed by atoms with Gasteiger partial charge >= 0.3 is 0 Å². The van der Waals surface area contributed by atoms with Gasteiger partial charge in [-0.15, -0.1) is 0 Å². The fourth-order valence-electron chi connectivity index (χ4n) is 2.25. The molecule has 1 heterocycles. The molecule has 1 aliphatic heterocycles. The highest BCUT2D eigenvalue weighted by atomic mass is 16.3. The summed E-state index contributed by atoms with van der Waals surface area (Å²) in [6.45, 7) is -0.309. The summed E-state index contributed by atoms with van der Waals surface area (Å²) in [5, 5.41) is 12.2. The zero-order valence-corrected chi connectivity index (χ0v) is 10.8. The van der Waals surface area contributed by atoms with E-state index in [1.54, 1.807) is 0 Å². The molecule has 4 nitrogen and oxygen atoms in total. The Hall–Kier alpha value is -2.46. The standard InChI is InChI=1S/C16H14N2O2/c19-10-14-16(20)18-13-9-5-4-8-12(13)15(17-14)11-6-2-1-3-7-11/h1-9,14,19H,10H2,(H,18,20)/t14-/m1/s1. The molecule has 0 bridgehead atoms. The summed E-state index contributed by atoms with van der Waals surface area (Å²) in [5.74, 6) is -0.286. The Labute approximate surface area is 116 Å². The third kappa shape index (κ3) is 2.21. The first-order chi connectivity index (χ1) is 9.79. The number of fused-ring (bicyclic) bond motifs is 1. The quantitative estimate of drug-likeness (QED) is 0.871. The van der Waals surface area contributed by atoms with Gasteiger partial charge in [-0.05, 0) is 6.07 Å². The van der Waals surface area contributed by atoms with Crippen LogP contribution in [-0.2, 0) is 4.79 Å². The van der Waals surface area contributed by atoms with Gasteiger partial charge in [-0.1, -0.05) is 48.5 Å². The zero-order valence-electron chi connectivity index (χ0n) is 10.8. The van der Waals surface area contributed by atoms with E-state index in [0.717, 1.165) is 22.5 Å². The van der Waals surface area contributed by atoms with Crippen molar-refractivity contribution in [2.75, 3.05) is 11.9 Å². The fraction of sp³-hybridized carbons (Fsp3) is 0.125. The third-order valence-electron chi connectivity index (χ3n) is 3.25. The molecule has 0 saturated heterocycles.